The maximum absolute atomic E-state index is 2.70. The molecular weight excluding hydrogens is 268 g/mol. The molecule has 0 aromatic carbocycles. The zero-order valence-electron chi connectivity index (χ0n) is 16.2. The molecule has 0 aromatic heterocycles. The van der Waals surface area contributed by atoms with Crippen molar-refractivity contribution in [2.24, 2.45) is 0 Å². The van der Waals surface area contributed by atoms with Crippen LogP contribution < -0.4 is 5.01 Å². The van der Waals surface area contributed by atoms with Crippen LogP contribution in [0.15, 0.2) is 0 Å². The fourth-order valence-electron chi connectivity index (χ4n) is 2.91. The summed E-state index contributed by atoms with van der Waals surface area (Å²) in [4.78, 5) is 0. The maximum atomic E-state index is 2.70. The maximum Gasteiger partial charge on any atom is 0.144 e. The van der Waals surface area contributed by atoms with Crippen molar-refractivity contribution in [3.63, 3.8) is 0 Å². The first-order chi connectivity index (χ1) is 10.8. The molecule has 0 atom stereocenters. The second-order valence-electron chi connectivity index (χ2n) is 6.74. The van der Waals surface area contributed by atoms with E-state index < -0.39 is 0 Å². The van der Waals surface area contributed by atoms with Gasteiger partial charge >= 0.3 is 0 Å². The minimum absolute atomic E-state index is 1.26. The predicted octanol–water partition coefficient (Wildman–Crippen LogP) is 6.10. The molecule has 0 saturated carbocycles. The van der Waals surface area contributed by atoms with Crippen LogP contribution >= 0.6 is 0 Å². The van der Waals surface area contributed by atoms with Crippen LogP contribution in [0.1, 0.15) is 105 Å². The second-order valence-corrected chi connectivity index (χ2v) is 6.74. The third-order valence-corrected chi connectivity index (χ3v) is 4.48. The zero-order valence-corrected chi connectivity index (χ0v) is 16.2. The highest BCUT2D eigenvalue weighted by Gasteiger charge is 2.23. The molecule has 133 valence electrons. The third-order valence-electron chi connectivity index (χ3n) is 4.48. The normalized spacial score (nSPS) is 11.7. The Morgan fingerprint density at radius 2 is 0.909 bits per heavy atom. The molecule has 0 saturated heterocycles. The minimum Gasteiger partial charge on any atom is -0.106 e. The molecule has 0 unspecified atom stereocenters. The van der Waals surface area contributed by atoms with Crippen LogP contribution in [0.2, 0.25) is 0 Å². The molecule has 0 amide bonds. The van der Waals surface area contributed by atoms with Gasteiger partial charge in [-0.25, -0.2) is 0 Å². The molecule has 0 spiro atoms. The summed E-state index contributed by atoms with van der Waals surface area (Å²) in [6, 6.07) is 0. The molecule has 0 fully saturated rings. The number of hydrogen-bond donors (Lipinski definition) is 0. The average molecular weight is 313 g/mol. The van der Waals surface area contributed by atoms with Gasteiger partial charge in [0.25, 0.3) is 0 Å². The number of hydrazine groups is 1. The van der Waals surface area contributed by atoms with Crippen molar-refractivity contribution in [3.8, 4) is 0 Å². The van der Waals surface area contributed by atoms with Gasteiger partial charge in [0.2, 0.25) is 0 Å². The van der Waals surface area contributed by atoms with Crippen LogP contribution in [-0.4, -0.2) is 31.2 Å². The van der Waals surface area contributed by atoms with E-state index in [0.717, 1.165) is 0 Å². The van der Waals surface area contributed by atoms with Crippen LogP contribution in [0.5, 0.6) is 0 Å². The fourth-order valence-corrected chi connectivity index (χ4v) is 2.91. The van der Waals surface area contributed by atoms with Crippen molar-refractivity contribution >= 4 is 0 Å². The lowest BCUT2D eigenvalue weighted by molar-refractivity contribution is 0.0591. The molecule has 0 aliphatic heterocycles. The highest BCUT2D eigenvalue weighted by molar-refractivity contribution is 4.65. The summed E-state index contributed by atoms with van der Waals surface area (Å²) in [5.74, 6) is 0. The first-order valence-corrected chi connectivity index (χ1v) is 10.3. The Bertz CT molecular complexity index is 186. The van der Waals surface area contributed by atoms with Gasteiger partial charge in [0.15, 0.2) is 0 Å². The molecule has 0 aliphatic rings. The summed E-state index contributed by atoms with van der Waals surface area (Å²) in [6.45, 7) is 14.3. The van der Waals surface area contributed by atoms with Gasteiger partial charge in [-0.3, -0.25) is 0 Å². The first kappa shape index (κ1) is 21.9. The van der Waals surface area contributed by atoms with Crippen LogP contribution in [0.25, 0.3) is 0 Å². The van der Waals surface area contributed by atoms with Crippen molar-refractivity contribution in [1.29, 1.82) is 0 Å². The predicted molar refractivity (Wildman–Crippen MR) is 102 cm³/mol. The number of hydrogen-bond acceptors (Lipinski definition) is 2. The van der Waals surface area contributed by atoms with Crippen molar-refractivity contribution in [1.82, 2.24) is 10.0 Å². The summed E-state index contributed by atoms with van der Waals surface area (Å²) < 4.78 is 0. The molecule has 0 bridgehead atoms. The van der Waals surface area contributed by atoms with Gasteiger partial charge in [-0.1, -0.05) is 84.1 Å². The number of nitrogens with zero attached hydrogens (tertiary/aromatic N) is 2. The molecule has 22 heavy (non-hydrogen) atoms. The van der Waals surface area contributed by atoms with Crippen LogP contribution in [-0.2, 0) is 0 Å². The Morgan fingerprint density at radius 3 is 1.27 bits per heavy atom. The summed E-state index contributed by atoms with van der Waals surface area (Å²) in [5, 5.41) is 5.39. The summed E-state index contributed by atoms with van der Waals surface area (Å²) in [7, 11) is 0. The first-order valence-electron chi connectivity index (χ1n) is 10.3. The average Bonchev–Trinajstić information content (AvgIpc) is 2.54. The molecule has 0 aliphatic carbocycles. The van der Waals surface area contributed by atoms with Crippen LogP contribution in [0.3, 0.4) is 0 Å². The molecule has 0 heterocycles. The smallest absolute Gasteiger partial charge is 0.106 e. The lowest BCUT2D eigenvalue weighted by Crippen LogP contribution is -2.49. The standard InChI is InChI=1S/C20H44N2/c1-5-9-13-15-19-22(20-16-14-10-6-2)21(17-11-7-3)18-12-8-4/h5-20H2,1-4H3/q+1. The SMILES string of the molecule is CCCCCCN(CCCCCC)[N+](CCCC)CCCC. The lowest BCUT2D eigenvalue weighted by atomic mass is 10.2. The summed E-state index contributed by atoms with van der Waals surface area (Å²) >= 11 is 0. The summed E-state index contributed by atoms with van der Waals surface area (Å²) in [6.07, 6.45) is 16.3. The number of rotatable bonds is 17. The monoisotopic (exact) mass is 312 g/mol. The molecule has 2 nitrogen and oxygen atoms in total. The Kier molecular flexibility index (Phi) is 17.2. The van der Waals surface area contributed by atoms with Gasteiger partial charge in [-0.2, -0.15) is 0 Å². The molecular formula is C20H44N2+. The number of unbranched alkanes of at least 4 members (excludes halogenated alkanes) is 8. The highest BCUT2D eigenvalue weighted by Crippen LogP contribution is 2.09. The minimum atomic E-state index is 1.26. The fraction of sp³-hybridized carbons (Fsp3) is 1.00. The molecule has 1 radical (unpaired) electrons. The van der Waals surface area contributed by atoms with Gasteiger partial charge in [0.1, 0.15) is 13.1 Å². The van der Waals surface area contributed by atoms with Gasteiger partial charge in [0, 0.05) is 12.8 Å². The zero-order chi connectivity index (χ0) is 16.5. The summed E-state index contributed by atoms with van der Waals surface area (Å²) in [5.41, 5.74) is 0. The van der Waals surface area contributed by atoms with Crippen molar-refractivity contribution in [3.05, 3.63) is 0 Å². The van der Waals surface area contributed by atoms with Gasteiger partial charge in [0.05, 0.1) is 13.1 Å². The lowest BCUT2D eigenvalue weighted by Gasteiger charge is -2.25. The topological polar surface area (TPSA) is 9.14 Å². The van der Waals surface area contributed by atoms with E-state index in [9.17, 15) is 0 Å². The van der Waals surface area contributed by atoms with E-state index >= 15 is 0 Å². The molecule has 0 rings (SSSR count). The molecule has 2 heteroatoms. The van der Waals surface area contributed by atoms with Gasteiger partial charge < -0.3 is 0 Å². The van der Waals surface area contributed by atoms with E-state index in [1.807, 2.05) is 0 Å². The second kappa shape index (κ2) is 17.3. The van der Waals surface area contributed by atoms with Crippen LogP contribution in [0, 0.1) is 0 Å². The van der Waals surface area contributed by atoms with Crippen molar-refractivity contribution < 1.29 is 0 Å². The largest absolute Gasteiger partial charge is 0.144 e. The van der Waals surface area contributed by atoms with Crippen LogP contribution in [0.4, 0.5) is 0 Å². The van der Waals surface area contributed by atoms with E-state index in [4.69, 9.17) is 0 Å². The molecule has 0 aromatic rings. The van der Waals surface area contributed by atoms with Gasteiger partial charge in [-0.05, 0) is 12.8 Å². The third kappa shape index (κ3) is 12.5. The Balaban J connectivity index is 4.35. The van der Waals surface area contributed by atoms with E-state index in [0.29, 0.717) is 0 Å². The molecule has 0 N–H and O–H groups in total. The Morgan fingerprint density at radius 1 is 0.500 bits per heavy atom. The van der Waals surface area contributed by atoms with Crippen molar-refractivity contribution in [2.75, 3.05) is 26.2 Å². The highest BCUT2D eigenvalue weighted by atomic mass is 15.6. The quantitative estimate of drug-likeness (QED) is 0.179. The van der Waals surface area contributed by atoms with E-state index in [1.165, 1.54) is 103 Å². The van der Waals surface area contributed by atoms with Crippen molar-refractivity contribution in [2.45, 2.75) is 105 Å². The Labute approximate surface area is 141 Å². The Hall–Kier alpha value is -0.0800. The van der Waals surface area contributed by atoms with Gasteiger partial charge in [-0.15, -0.1) is 5.01 Å². The van der Waals surface area contributed by atoms with E-state index in [1.54, 1.807) is 0 Å². The van der Waals surface area contributed by atoms with E-state index in [-0.39, 0.29) is 0 Å². The van der Waals surface area contributed by atoms with E-state index in [2.05, 4.69) is 37.7 Å².